The Morgan fingerprint density at radius 3 is 2.78 bits per heavy atom. The van der Waals surface area contributed by atoms with Crippen molar-refractivity contribution in [1.82, 2.24) is 9.55 Å². The van der Waals surface area contributed by atoms with E-state index in [9.17, 15) is 5.11 Å². The zero-order valence-corrected chi connectivity index (χ0v) is 13.6. The van der Waals surface area contributed by atoms with Gasteiger partial charge in [0.2, 0.25) is 0 Å². The molecule has 0 fully saturated rings. The van der Waals surface area contributed by atoms with Crippen molar-refractivity contribution in [2.45, 2.75) is 32.9 Å². The molecule has 0 amide bonds. The van der Waals surface area contributed by atoms with E-state index in [1.54, 1.807) is 6.92 Å². The maximum atomic E-state index is 9.96. The van der Waals surface area contributed by atoms with E-state index in [4.69, 9.17) is 4.74 Å². The standard InChI is InChI=1S/C19H22N2O2/c1-14-7-5-8-16(13-14)23-12-6-11-21-18-10-4-3-9-17(18)20-19(21)15(2)22/h3-5,7-10,13,15,22H,6,11-12H2,1-2H3/t15-/m1/s1. The van der Waals surface area contributed by atoms with Crippen molar-refractivity contribution in [2.24, 2.45) is 0 Å². The van der Waals surface area contributed by atoms with Crippen LogP contribution in [0.1, 0.15) is 30.8 Å². The van der Waals surface area contributed by atoms with Crippen molar-refractivity contribution >= 4 is 11.0 Å². The summed E-state index contributed by atoms with van der Waals surface area (Å²) in [5.41, 5.74) is 3.17. The largest absolute Gasteiger partial charge is 0.494 e. The van der Waals surface area contributed by atoms with Gasteiger partial charge in [-0.25, -0.2) is 4.98 Å². The van der Waals surface area contributed by atoms with Crippen molar-refractivity contribution in [3.8, 4) is 5.75 Å². The van der Waals surface area contributed by atoms with Crippen molar-refractivity contribution in [2.75, 3.05) is 6.61 Å². The van der Waals surface area contributed by atoms with Crippen LogP contribution in [0.15, 0.2) is 48.5 Å². The van der Waals surface area contributed by atoms with E-state index in [-0.39, 0.29) is 0 Å². The summed E-state index contributed by atoms with van der Waals surface area (Å²) in [4.78, 5) is 4.53. The Balaban J connectivity index is 1.68. The molecule has 0 aliphatic carbocycles. The Labute approximate surface area is 136 Å². The highest BCUT2D eigenvalue weighted by Crippen LogP contribution is 2.21. The minimum absolute atomic E-state index is 0.583. The van der Waals surface area contributed by atoms with Gasteiger partial charge in [-0.05, 0) is 50.1 Å². The third kappa shape index (κ3) is 3.54. The maximum absolute atomic E-state index is 9.96. The molecule has 2 aromatic carbocycles. The van der Waals surface area contributed by atoms with Gasteiger partial charge in [-0.15, -0.1) is 0 Å². The molecule has 120 valence electrons. The van der Waals surface area contributed by atoms with Gasteiger partial charge in [-0.1, -0.05) is 24.3 Å². The lowest BCUT2D eigenvalue weighted by molar-refractivity contribution is 0.183. The van der Waals surface area contributed by atoms with Crippen LogP contribution in [-0.2, 0) is 6.54 Å². The van der Waals surface area contributed by atoms with Crippen LogP contribution in [0.5, 0.6) is 5.75 Å². The van der Waals surface area contributed by atoms with E-state index in [2.05, 4.69) is 22.5 Å². The van der Waals surface area contributed by atoms with Gasteiger partial charge in [0.25, 0.3) is 0 Å². The van der Waals surface area contributed by atoms with Gasteiger partial charge < -0.3 is 14.4 Å². The van der Waals surface area contributed by atoms with E-state index >= 15 is 0 Å². The van der Waals surface area contributed by atoms with Crippen LogP contribution in [0.2, 0.25) is 0 Å². The quantitative estimate of drug-likeness (QED) is 0.703. The highest BCUT2D eigenvalue weighted by Gasteiger charge is 2.14. The Hall–Kier alpha value is -2.33. The second-order valence-electron chi connectivity index (χ2n) is 5.80. The maximum Gasteiger partial charge on any atom is 0.138 e. The topological polar surface area (TPSA) is 47.3 Å². The van der Waals surface area contributed by atoms with Gasteiger partial charge >= 0.3 is 0 Å². The fourth-order valence-corrected chi connectivity index (χ4v) is 2.77. The first-order valence-corrected chi connectivity index (χ1v) is 7.98. The second-order valence-corrected chi connectivity index (χ2v) is 5.80. The Kier molecular flexibility index (Phi) is 4.63. The molecular formula is C19H22N2O2. The van der Waals surface area contributed by atoms with E-state index in [0.29, 0.717) is 12.4 Å². The Morgan fingerprint density at radius 2 is 2.00 bits per heavy atom. The van der Waals surface area contributed by atoms with E-state index in [0.717, 1.165) is 29.7 Å². The number of rotatable bonds is 6. The number of aliphatic hydroxyl groups excluding tert-OH is 1. The third-order valence-corrected chi connectivity index (χ3v) is 3.84. The molecule has 0 saturated carbocycles. The monoisotopic (exact) mass is 310 g/mol. The summed E-state index contributed by atoms with van der Waals surface area (Å²) in [7, 11) is 0. The van der Waals surface area contributed by atoms with Crippen molar-refractivity contribution < 1.29 is 9.84 Å². The molecule has 1 aromatic heterocycles. The summed E-state index contributed by atoms with van der Waals surface area (Å²) >= 11 is 0. The van der Waals surface area contributed by atoms with Crippen molar-refractivity contribution in [1.29, 1.82) is 0 Å². The molecule has 0 saturated heterocycles. The fourth-order valence-electron chi connectivity index (χ4n) is 2.77. The van der Waals surface area contributed by atoms with Crippen LogP contribution in [0.4, 0.5) is 0 Å². The minimum Gasteiger partial charge on any atom is -0.494 e. The van der Waals surface area contributed by atoms with Crippen LogP contribution < -0.4 is 4.74 Å². The molecule has 0 unspecified atom stereocenters. The number of hydrogen-bond acceptors (Lipinski definition) is 3. The first-order chi connectivity index (χ1) is 11.1. The van der Waals surface area contributed by atoms with E-state index in [1.807, 2.05) is 42.5 Å². The average molecular weight is 310 g/mol. The number of benzene rings is 2. The molecule has 0 radical (unpaired) electrons. The molecule has 4 nitrogen and oxygen atoms in total. The Morgan fingerprint density at radius 1 is 1.17 bits per heavy atom. The SMILES string of the molecule is Cc1cccc(OCCCn2c([C@@H](C)O)nc3ccccc32)c1. The summed E-state index contributed by atoms with van der Waals surface area (Å²) in [5, 5.41) is 9.96. The summed E-state index contributed by atoms with van der Waals surface area (Å²) < 4.78 is 7.88. The number of imidazole rings is 1. The molecular weight excluding hydrogens is 288 g/mol. The number of aliphatic hydroxyl groups is 1. The lowest BCUT2D eigenvalue weighted by Gasteiger charge is -2.12. The van der Waals surface area contributed by atoms with Gasteiger partial charge in [0, 0.05) is 6.54 Å². The third-order valence-electron chi connectivity index (χ3n) is 3.84. The highest BCUT2D eigenvalue weighted by molar-refractivity contribution is 5.75. The molecule has 0 spiro atoms. The Bertz CT molecular complexity index is 793. The predicted molar refractivity (Wildman–Crippen MR) is 91.7 cm³/mol. The lowest BCUT2D eigenvalue weighted by Crippen LogP contribution is -2.09. The van der Waals surface area contributed by atoms with E-state index in [1.165, 1.54) is 5.56 Å². The molecule has 3 rings (SSSR count). The molecule has 0 aliphatic rings. The smallest absolute Gasteiger partial charge is 0.138 e. The van der Waals surface area contributed by atoms with Gasteiger partial charge in [-0.2, -0.15) is 0 Å². The lowest BCUT2D eigenvalue weighted by atomic mass is 10.2. The summed E-state index contributed by atoms with van der Waals surface area (Å²) in [6.07, 6.45) is 0.272. The molecule has 23 heavy (non-hydrogen) atoms. The average Bonchev–Trinajstić information content (AvgIpc) is 2.91. The molecule has 4 heteroatoms. The van der Waals surface area contributed by atoms with Gasteiger partial charge in [0.05, 0.1) is 17.6 Å². The molecule has 0 aliphatic heterocycles. The molecule has 3 aromatic rings. The number of aromatic nitrogens is 2. The molecule has 0 bridgehead atoms. The van der Waals surface area contributed by atoms with Gasteiger partial charge in [-0.3, -0.25) is 0 Å². The first-order valence-electron chi connectivity index (χ1n) is 7.98. The van der Waals surface area contributed by atoms with Crippen LogP contribution in [-0.4, -0.2) is 21.3 Å². The zero-order valence-electron chi connectivity index (χ0n) is 13.6. The first kappa shape index (κ1) is 15.6. The normalized spacial score (nSPS) is 12.5. The number of hydrogen-bond donors (Lipinski definition) is 1. The number of fused-ring (bicyclic) bond motifs is 1. The molecule has 1 atom stereocenters. The summed E-state index contributed by atoms with van der Waals surface area (Å²) in [5.74, 6) is 1.61. The number of ether oxygens (including phenoxy) is 1. The highest BCUT2D eigenvalue weighted by atomic mass is 16.5. The summed E-state index contributed by atoms with van der Waals surface area (Å²) in [6, 6.07) is 16.0. The predicted octanol–water partition coefficient (Wildman–Crippen LogP) is 3.87. The molecule has 1 heterocycles. The minimum atomic E-state index is -0.583. The van der Waals surface area contributed by atoms with Crippen molar-refractivity contribution in [3.63, 3.8) is 0 Å². The van der Waals surface area contributed by atoms with E-state index < -0.39 is 6.10 Å². The van der Waals surface area contributed by atoms with Crippen LogP contribution in [0, 0.1) is 6.92 Å². The fraction of sp³-hybridized carbons (Fsp3) is 0.316. The van der Waals surface area contributed by atoms with Crippen LogP contribution >= 0.6 is 0 Å². The summed E-state index contributed by atoms with van der Waals surface area (Å²) in [6.45, 7) is 5.21. The number of para-hydroxylation sites is 2. The second kappa shape index (κ2) is 6.84. The zero-order chi connectivity index (χ0) is 16.2. The molecule has 1 N–H and O–H groups in total. The van der Waals surface area contributed by atoms with Crippen LogP contribution in [0.3, 0.4) is 0 Å². The number of aryl methyl sites for hydroxylation is 2. The van der Waals surface area contributed by atoms with Gasteiger partial charge in [0.1, 0.15) is 17.7 Å². The van der Waals surface area contributed by atoms with Crippen molar-refractivity contribution in [3.05, 3.63) is 59.9 Å². The van der Waals surface area contributed by atoms with Crippen LogP contribution in [0.25, 0.3) is 11.0 Å². The number of nitrogens with zero attached hydrogens (tertiary/aromatic N) is 2. The van der Waals surface area contributed by atoms with Gasteiger partial charge in [0.15, 0.2) is 0 Å².